The van der Waals surface area contributed by atoms with Gasteiger partial charge in [0, 0.05) is 43.9 Å². The highest BCUT2D eigenvalue weighted by molar-refractivity contribution is 8.00. The quantitative estimate of drug-likeness (QED) is 0.0420. The van der Waals surface area contributed by atoms with Gasteiger partial charge >= 0.3 is 18.1 Å². The van der Waals surface area contributed by atoms with E-state index in [0.29, 0.717) is 37.5 Å². The van der Waals surface area contributed by atoms with Crippen LogP contribution in [0.3, 0.4) is 0 Å². The van der Waals surface area contributed by atoms with Gasteiger partial charge in [-0.25, -0.2) is 14.4 Å². The van der Waals surface area contributed by atoms with Crippen LogP contribution in [0.15, 0.2) is 0 Å². The fourth-order valence-electron chi connectivity index (χ4n) is 7.50. The Morgan fingerprint density at radius 2 is 1.73 bits per heavy atom. The van der Waals surface area contributed by atoms with E-state index in [1.807, 2.05) is 11.8 Å². The van der Waals surface area contributed by atoms with Crippen LogP contribution in [0.1, 0.15) is 79.1 Å². The number of alkyl carbamates (subject to hydrolysis) is 1. The van der Waals surface area contributed by atoms with Crippen LogP contribution in [0, 0.1) is 0 Å². The molecule has 4 aliphatic heterocycles. The number of carbonyl (C=O) groups excluding carboxylic acids is 4. The molecule has 4 rings (SSSR count). The van der Waals surface area contributed by atoms with Gasteiger partial charge in [0.25, 0.3) is 5.79 Å². The van der Waals surface area contributed by atoms with Crippen molar-refractivity contribution in [3.8, 4) is 0 Å². The number of carboxylic acids is 1. The zero-order valence-electron chi connectivity index (χ0n) is 34.3. The van der Waals surface area contributed by atoms with Crippen LogP contribution in [-0.4, -0.2) is 188 Å². The lowest BCUT2D eigenvalue weighted by atomic mass is 9.88. The molecule has 4 saturated heterocycles. The zero-order valence-corrected chi connectivity index (χ0v) is 35.1. The molecule has 0 aromatic rings. The summed E-state index contributed by atoms with van der Waals surface area (Å²) in [7, 11) is 0. The average molecular weight is 882 g/mol. The van der Waals surface area contributed by atoms with Gasteiger partial charge in [0.1, 0.15) is 48.3 Å². The number of carbonyl (C=O) groups is 5. The van der Waals surface area contributed by atoms with Gasteiger partial charge in [0.05, 0.1) is 37.4 Å². The number of fused-ring (bicyclic) bond motifs is 1. The number of ether oxygens (including phenoxy) is 5. The molecule has 4 fully saturated rings. The fraction of sp³-hybridized carbons (Fsp3) is 0.865. The van der Waals surface area contributed by atoms with Crippen molar-refractivity contribution < 1.29 is 83.4 Å². The van der Waals surface area contributed by atoms with E-state index in [4.69, 9.17) is 23.7 Å². The molecule has 22 nitrogen and oxygen atoms in total. The van der Waals surface area contributed by atoms with E-state index in [1.54, 1.807) is 20.8 Å². The van der Waals surface area contributed by atoms with E-state index in [1.165, 1.54) is 6.92 Å². The Balaban J connectivity index is 1.27. The molecule has 60 heavy (non-hydrogen) atoms. The third kappa shape index (κ3) is 13.7. The number of nitrogens with one attached hydrogen (secondary N) is 5. The zero-order chi connectivity index (χ0) is 44.4. The Labute approximate surface area is 352 Å². The molecular formula is C37H63N5O17S. The van der Waals surface area contributed by atoms with Crippen LogP contribution in [-0.2, 0) is 38.1 Å². The summed E-state index contributed by atoms with van der Waals surface area (Å²) in [5.74, 6) is -4.34. The van der Waals surface area contributed by atoms with E-state index in [0.717, 1.165) is 25.0 Å². The molecule has 344 valence electrons. The van der Waals surface area contributed by atoms with E-state index in [2.05, 4.69) is 26.6 Å². The topological polar surface area (TPSA) is 333 Å². The maximum Gasteiger partial charge on any atom is 0.408 e. The Kier molecular flexibility index (Phi) is 18.4. The van der Waals surface area contributed by atoms with Crippen LogP contribution >= 0.6 is 11.8 Å². The Morgan fingerprint density at radius 1 is 1.00 bits per heavy atom. The fourth-order valence-corrected chi connectivity index (χ4v) is 9.04. The first-order valence-electron chi connectivity index (χ1n) is 20.3. The molecule has 14 atom stereocenters. The van der Waals surface area contributed by atoms with E-state index >= 15 is 0 Å². The third-order valence-corrected chi connectivity index (χ3v) is 12.1. The second-order valence-corrected chi connectivity index (χ2v) is 17.8. The van der Waals surface area contributed by atoms with Crippen molar-refractivity contribution in [2.75, 3.05) is 32.1 Å². The van der Waals surface area contributed by atoms with E-state index in [9.17, 15) is 59.7 Å². The molecule has 0 saturated carbocycles. The number of aliphatic hydroxyl groups is 6. The number of unbranched alkanes of at least 4 members (excludes halogenated alkanes) is 3. The second-order valence-electron chi connectivity index (χ2n) is 16.5. The average Bonchev–Trinajstić information content (AvgIpc) is 3.73. The van der Waals surface area contributed by atoms with Gasteiger partial charge in [-0.2, -0.15) is 11.8 Å². The number of amides is 5. The lowest BCUT2D eigenvalue weighted by molar-refractivity contribution is -0.330. The number of rotatable bonds is 21. The van der Waals surface area contributed by atoms with Crippen molar-refractivity contribution in [1.82, 2.24) is 26.6 Å². The number of thioether (sulfide) groups is 1. The predicted molar refractivity (Wildman–Crippen MR) is 209 cm³/mol. The molecule has 0 bridgehead atoms. The third-order valence-electron chi connectivity index (χ3n) is 10.6. The molecule has 4 aliphatic rings. The SMILES string of the molecule is CC(=O)N[C@H]1[C@H](OCCCCCNC(=O)CCCC[C@@H]2SC[C@@H]3NC(=O)N[C@@H]32)O[C@H](CO[C@]2(C(=O)O)C[C@H](O)[C@@H](NC(=O)OC(C)(C)C)[C@H]([C@H](O)[C@H](O)CO)O2)[C@@H](O)[C@@H]1O. The lowest BCUT2D eigenvalue weighted by Gasteiger charge is -2.47. The van der Waals surface area contributed by atoms with Crippen molar-refractivity contribution in [3.63, 3.8) is 0 Å². The monoisotopic (exact) mass is 881 g/mol. The summed E-state index contributed by atoms with van der Waals surface area (Å²) in [6.45, 7) is 4.57. The molecule has 12 N–H and O–H groups in total. The van der Waals surface area contributed by atoms with Crippen LogP contribution in [0.4, 0.5) is 9.59 Å². The predicted octanol–water partition coefficient (Wildman–Crippen LogP) is -2.48. The van der Waals surface area contributed by atoms with Crippen LogP contribution in [0.5, 0.6) is 0 Å². The van der Waals surface area contributed by atoms with Gasteiger partial charge < -0.3 is 86.0 Å². The molecule has 5 amide bonds. The summed E-state index contributed by atoms with van der Waals surface area (Å²) in [6.07, 6.45) is -11.3. The summed E-state index contributed by atoms with van der Waals surface area (Å²) in [5, 5.41) is 87.9. The summed E-state index contributed by atoms with van der Waals surface area (Å²) >= 11 is 1.84. The van der Waals surface area contributed by atoms with Crippen molar-refractivity contribution in [1.29, 1.82) is 0 Å². The Bertz CT molecular complexity index is 1460. The molecule has 0 aromatic heterocycles. The van der Waals surface area contributed by atoms with Crippen molar-refractivity contribution in [3.05, 3.63) is 0 Å². The minimum Gasteiger partial charge on any atom is -0.477 e. The molecule has 0 unspecified atom stereocenters. The molecular weight excluding hydrogens is 818 g/mol. The highest BCUT2D eigenvalue weighted by Crippen LogP contribution is 2.36. The molecule has 4 heterocycles. The largest absolute Gasteiger partial charge is 0.477 e. The summed E-state index contributed by atoms with van der Waals surface area (Å²) in [6, 6.07) is -2.65. The molecule has 0 spiro atoms. The number of carboxylic acid groups (broad SMARTS) is 1. The smallest absolute Gasteiger partial charge is 0.408 e. The normalized spacial score (nSPS) is 33.8. The first kappa shape index (κ1) is 49.6. The Hall–Kier alpha value is -3.10. The van der Waals surface area contributed by atoms with Gasteiger partial charge in [0.15, 0.2) is 6.29 Å². The van der Waals surface area contributed by atoms with Crippen LogP contribution < -0.4 is 26.6 Å². The van der Waals surface area contributed by atoms with Crippen LogP contribution in [0.2, 0.25) is 0 Å². The second kappa shape index (κ2) is 22.3. The number of hydrogen-bond acceptors (Lipinski definition) is 17. The van der Waals surface area contributed by atoms with Gasteiger partial charge in [-0.1, -0.05) is 6.42 Å². The van der Waals surface area contributed by atoms with Crippen LogP contribution in [0.25, 0.3) is 0 Å². The number of urea groups is 1. The highest BCUT2D eigenvalue weighted by Gasteiger charge is 2.57. The number of hydrogen-bond donors (Lipinski definition) is 12. The maximum atomic E-state index is 12.7. The highest BCUT2D eigenvalue weighted by atomic mass is 32.2. The van der Waals surface area contributed by atoms with Gasteiger partial charge in [-0.3, -0.25) is 9.59 Å². The van der Waals surface area contributed by atoms with E-state index < -0.39 is 110 Å². The van der Waals surface area contributed by atoms with E-state index in [-0.39, 0.29) is 30.6 Å². The van der Waals surface area contributed by atoms with Gasteiger partial charge in [-0.15, -0.1) is 0 Å². The van der Waals surface area contributed by atoms with Gasteiger partial charge in [0.2, 0.25) is 11.8 Å². The Morgan fingerprint density at radius 3 is 2.40 bits per heavy atom. The first-order valence-corrected chi connectivity index (χ1v) is 21.4. The molecule has 0 radical (unpaired) electrons. The number of aliphatic carboxylic acids is 1. The van der Waals surface area contributed by atoms with Crippen molar-refractivity contribution in [2.45, 2.75) is 169 Å². The minimum absolute atomic E-state index is 0.0573. The summed E-state index contributed by atoms with van der Waals surface area (Å²) < 4.78 is 28.3. The standard InChI is InChI=1S/C37H63N5O17S/c1-18(44)39-27-30(50)29(49)22(16-56-37(33(51)52)14-20(45)26(42-35(54)59-36(2,3)4)31(58-37)28(48)21(46)15-43)57-32(27)55-13-9-5-8-12-38-24(47)11-7-6-10-23-25-19(17-60-23)40-34(53)41-25/h19-23,25-32,43,45-46,48-50H,5-17H2,1-4H3,(H,38,47)(H,39,44)(H,42,54)(H,51,52)(H2,40,41,53)/t19-,20-,21+,22+,23-,25-,26+,27+,28+,29+,30+,31+,32+,37+/m0/s1. The van der Waals surface area contributed by atoms with Crippen molar-refractivity contribution in [2.24, 2.45) is 0 Å². The lowest BCUT2D eigenvalue weighted by Crippen LogP contribution is -2.69. The van der Waals surface area contributed by atoms with Crippen molar-refractivity contribution >= 4 is 41.7 Å². The summed E-state index contributed by atoms with van der Waals surface area (Å²) in [5.41, 5.74) is -0.987. The molecule has 0 aliphatic carbocycles. The number of aliphatic hydroxyl groups excluding tert-OH is 6. The maximum absolute atomic E-state index is 12.7. The minimum atomic E-state index is -2.78. The molecule has 23 heteroatoms. The first-order chi connectivity index (χ1) is 28.2. The summed E-state index contributed by atoms with van der Waals surface area (Å²) in [4.78, 5) is 61.2. The van der Waals surface area contributed by atoms with Gasteiger partial charge in [-0.05, 0) is 52.9 Å². The molecule has 0 aromatic carbocycles.